The zero-order valence-corrected chi connectivity index (χ0v) is 16.1. The van der Waals surface area contributed by atoms with E-state index in [0.29, 0.717) is 13.2 Å². The molecule has 0 aromatic heterocycles. The van der Waals surface area contributed by atoms with Crippen molar-refractivity contribution in [2.24, 2.45) is 0 Å². The highest BCUT2D eigenvalue weighted by Crippen LogP contribution is 2.36. The number of nitrogens with zero attached hydrogens (tertiary/aromatic N) is 1. The molecule has 0 spiro atoms. The second-order valence-electron chi connectivity index (χ2n) is 6.14. The molecule has 6 nitrogen and oxygen atoms in total. The van der Waals surface area contributed by atoms with Gasteiger partial charge in [-0.2, -0.15) is 0 Å². The maximum atomic E-state index is 12.5. The molecule has 0 saturated carbocycles. The Bertz CT molecular complexity index is 810. The summed E-state index contributed by atoms with van der Waals surface area (Å²) in [5, 5.41) is 2.44. The molecule has 0 bridgehead atoms. The van der Waals surface area contributed by atoms with Gasteiger partial charge in [0.25, 0.3) is 0 Å². The number of methoxy groups -OCH3 is 1. The summed E-state index contributed by atoms with van der Waals surface area (Å²) in [6.07, 6.45) is 0.157. The third kappa shape index (κ3) is 4.95. The predicted molar refractivity (Wildman–Crippen MR) is 105 cm³/mol. The monoisotopic (exact) mass is 386 g/mol. The van der Waals surface area contributed by atoms with Crippen molar-refractivity contribution < 1.29 is 19.1 Å². The fourth-order valence-corrected chi connectivity index (χ4v) is 3.74. The Morgan fingerprint density at radius 2 is 1.85 bits per heavy atom. The quantitative estimate of drug-likeness (QED) is 0.792. The van der Waals surface area contributed by atoms with Crippen molar-refractivity contribution in [2.45, 2.75) is 16.6 Å². The maximum absolute atomic E-state index is 12.5. The molecule has 0 radical (unpaired) electrons. The fraction of sp³-hybridized carbons (Fsp3) is 0.300. The highest BCUT2D eigenvalue weighted by Gasteiger charge is 2.29. The molecule has 2 aromatic carbocycles. The van der Waals surface area contributed by atoms with Crippen molar-refractivity contribution in [3.05, 3.63) is 48.5 Å². The van der Waals surface area contributed by atoms with Crippen molar-refractivity contribution in [3.8, 4) is 11.5 Å². The number of anilines is 1. The van der Waals surface area contributed by atoms with E-state index in [0.717, 1.165) is 22.1 Å². The van der Waals surface area contributed by atoms with Gasteiger partial charge in [0.05, 0.1) is 24.6 Å². The maximum Gasteiger partial charge on any atom is 0.238 e. The minimum atomic E-state index is -0.419. The number of amides is 2. The van der Waals surface area contributed by atoms with Crippen molar-refractivity contribution in [1.82, 2.24) is 4.90 Å². The van der Waals surface area contributed by atoms with E-state index in [-0.39, 0.29) is 18.2 Å². The summed E-state index contributed by atoms with van der Waals surface area (Å²) in [4.78, 5) is 27.3. The first-order valence-corrected chi connectivity index (χ1v) is 9.52. The summed E-state index contributed by atoms with van der Waals surface area (Å²) in [5.41, 5.74) is 0.803. The first-order valence-electron chi connectivity index (χ1n) is 8.64. The second-order valence-corrected chi connectivity index (χ2v) is 7.38. The average Bonchev–Trinajstić information content (AvgIpc) is 2.69. The van der Waals surface area contributed by atoms with E-state index in [4.69, 9.17) is 9.47 Å². The zero-order chi connectivity index (χ0) is 19.2. The standard InChI is InChI=1S/C20H22N2O4S/c1-22(11-12-26-15-9-7-14(25-2)8-10-15)19(23)13-18-20(24)21-16-5-3-4-6-17(16)27-18/h3-10,18H,11-13H2,1-2H3,(H,21,24)/t18-/m0/s1. The van der Waals surface area contributed by atoms with Crippen LogP contribution in [0.2, 0.25) is 0 Å². The van der Waals surface area contributed by atoms with Crippen LogP contribution in [0.3, 0.4) is 0 Å². The minimum absolute atomic E-state index is 0.0830. The Morgan fingerprint density at radius 1 is 1.15 bits per heavy atom. The number of hydrogen-bond donors (Lipinski definition) is 1. The highest BCUT2D eigenvalue weighted by molar-refractivity contribution is 8.01. The van der Waals surface area contributed by atoms with Gasteiger partial charge < -0.3 is 19.7 Å². The van der Waals surface area contributed by atoms with Crippen LogP contribution in [-0.4, -0.2) is 49.3 Å². The van der Waals surface area contributed by atoms with Crippen molar-refractivity contribution in [3.63, 3.8) is 0 Å². The van der Waals surface area contributed by atoms with Crippen LogP contribution >= 0.6 is 11.8 Å². The Balaban J connectivity index is 1.47. The molecule has 7 heteroatoms. The Kier molecular flexibility index (Phi) is 6.24. The summed E-state index contributed by atoms with van der Waals surface area (Å²) in [7, 11) is 3.33. The molecule has 2 aromatic rings. The second kappa shape index (κ2) is 8.81. The summed E-state index contributed by atoms with van der Waals surface area (Å²) in [6.45, 7) is 0.821. The first kappa shape index (κ1) is 19.1. The molecule has 0 saturated heterocycles. The molecule has 1 aliphatic rings. The molecule has 3 rings (SSSR count). The van der Waals surface area contributed by atoms with Crippen molar-refractivity contribution in [1.29, 1.82) is 0 Å². The van der Waals surface area contributed by atoms with Gasteiger partial charge in [-0.15, -0.1) is 11.8 Å². The molecule has 1 aliphatic heterocycles. The van der Waals surface area contributed by atoms with Crippen LogP contribution in [0, 0.1) is 0 Å². The van der Waals surface area contributed by atoms with Gasteiger partial charge >= 0.3 is 0 Å². The molecule has 27 heavy (non-hydrogen) atoms. The van der Waals surface area contributed by atoms with Gasteiger partial charge in [-0.1, -0.05) is 12.1 Å². The third-order valence-corrected chi connectivity index (χ3v) is 5.52. The molecule has 0 unspecified atom stereocenters. The van der Waals surface area contributed by atoms with Gasteiger partial charge in [0, 0.05) is 18.4 Å². The number of nitrogens with one attached hydrogen (secondary N) is 1. The first-order chi connectivity index (χ1) is 13.1. The molecular weight excluding hydrogens is 364 g/mol. The van der Waals surface area contributed by atoms with E-state index in [9.17, 15) is 9.59 Å². The molecule has 1 atom stereocenters. The number of carbonyl (C=O) groups excluding carboxylic acids is 2. The fourth-order valence-electron chi connectivity index (χ4n) is 2.64. The van der Waals surface area contributed by atoms with Gasteiger partial charge in [0.15, 0.2) is 0 Å². The van der Waals surface area contributed by atoms with Gasteiger partial charge in [0.2, 0.25) is 11.8 Å². The van der Waals surface area contributed by atoms with E-state index >= 15 is 0 Å². The topological polar surface area (TPSA) is 67.9 Å². The van der Waals surface area contributed by atoms with Crippen LogP contribution in [0.25, 0.3) is 0 Å². The third-order valence-electron chi connectivity index (χ3n) is 4.25. The summed E-state index contributed by atoms with van der Waals surface area (Å²) < 4.78 is 10.8. The van der Waals surface area contributed by atoms with Crippen LogP contribution in [-0.2, 0) is 9.59 Å². The molecule has 0 aliphatic carbocycles. The Morgan fingerprint density at radius 3 is 2.59 bits per heavy atom. The normalized spacial score (nSPS) is 15.5. The lowest BCUT2D eigenvalue weighted by molar-refractivity contribution is -0.131. The largest absolute Gasteiger partial charge is 0.497 e. The predicted octanol–water partition coefficient (Wildman–Crippen LogP) is 3.04. The van der Waals surface area contributed by atoms with E-state index in [1.165, 1.54) is 11.8 Å². The molecule has 2 amide bonds. The van der Waals surface area contributed by atoms with E-state index in [1.54, 1.807) is 19.1 Å². The smallest absolute Gasteiger partial charge is 0.238 e. The number of hydrogen-bond acceptors (Lipinski definition) is 5. The number of ether oxygens (including phenoxy) is 2. The van der Waals surface area contributed by atoms with E-state index < -0.39 is 5.25 Å². The lowest BCUT2D eigenvalue weighted by Gasteiger charge is -2.25. The number of benzene rings is 2. The van der Waals surface area contributed by atoms with Crippen LogP contribution in [0.4, 0.5) is 5.69 Å². The van der Waals surface area contributed by atoms with E-state index in [2.05, 4.69) is 5.32 Å². The minimum Gasteiger partial charge on any atom is -0.497 e. The number of rotatable bonds is 7. The summed E-state index contributed by atoms with van der Waals surface area (Å²) in [6, 6.07) is 14.9. The van der Waals surface area contributed by atoms with Crippen molar-refractivity contribution >= 4 is 29.3 Å². The van der Waals surface area contributed by atoms with Gasteiger partial charge in [0.1, 0.15) is 18.1 Å². The van der Waals surface area contributed by atoms with Crippen molar-refractivity contribution in [2.75, 3.05) is 32.6 Å². The molecule has 1 N–H and O–H groups in total. The summed E-state index contributed by atoms with van der Waals surface area (Å²) >= 11 is 1.43. The lowest BCUT2D eigenvalue weighted by Crippen LogP contribution is -2.37. The molecule has 142 valence electrons. The number of fused-ring (bicyclic) bond motifs is 1. The van der Waals surface area contributed by atoms with Gasteiger partial charge in [-0.25, -0.2) is 0 Å². The SMILES string of the molecule is COc1ccc(OCCN(C)C(=O)C[C@@H]2Sc3ccccc3NC2=O)cc1. The van der Waals surface area contributed by atoms with Crippen LogP contribution in [0.15, 0.2) is 53.4 Å². The summed E-state index contributed by atoms with van der Waals surface area (Å²) in [5.74, 6) is 1.27. The Hall–Kier alpha value is -2.67. The average molecular weight is 386 g/mol. The number of thioether (sulfide) groups is 1. The highest BCUT2D eigenvalue weighted by atomic mass is 32.2. The Labute approximate surface area is 162 Å². The molecular formula is C20H22N2O4S. The van der Waals surface area contributed by atoms with Crippen LogP contribution < -0.4 is 14.8 Å². The van der Waals surface area contributed by atoms with Gasteiger partial charge in [-0.3, -0.25) is 9.59 Å². The number of likely N-dealkylation sites (N-methyl/N-ethyl adjacent to an activating group) is 1. The lowest BCUT2D eigenvalue weighted by atomic mass is 10.2. The molecule has 0 fully saturated rings. The van der Waals surface area contributed by atoms with Gasteiger partial charge in [-0.05, 0) is 36.4 Å². The number of carbonyl (C=O) groups is 2. The van der Waals surface area contributed by atoms with E-state index in [1.807, 2.05) is 48.5 Å². The van der Waals surface area contributed by atoms with Crippen LogP contribution in [0.1, 0.15) is 6.42 Å². The zero-order valence-electron chi connectivity index (χ0n) is 15.3. The number of para-hydroxylation sites is 1. The molecule has 1 heterocycles. The van der Waals surface area contributed by atoms with Crippen LogP contribution in [0.5, 0.6) is 11.5 Å².